The van der Waals surface area contributed by atoms with Crippen LogP contribution in [-0.2, 0) is 17.7 Å². The number of fused-ring (bicyclic) bond motifs is 1. The van der Waals surface area contributed by atoms with E-state index in [9.17, 15) is 0 Å². The van der Waals surface area contributed by atoms with E-state index < -0.39 is 0 Å². The summed E-state index contributed by atoms with van der Waals surface area (Å²) in [6, 6.07) is 0.805. The quantitative estimate of drug-likeness (QED) is 0.766. The van der Waals surface area contributed by atoms with E-state index >= 15 is 0 Å². The third kappa shape index (κ3) is 5.60. The molecule has 0 bridgehead atoms. The monoisotopic (exact) mass is 379 g/mol. The SMILES string of the molecule is CN(C)CCOc1nc2c(c(NC3CCOC3)n1)CNCC2.Cl.Cl. The molecule has 3 heterocycles. The largest absolute Gasteiger partial charge is 0.462 e. The fourth-order valence-corrected chi connectivity index (χ4v) is 2.67. The lowest BCUT2D eigenvalue weighted by molar-refractivity contribution is 0.195. The number of aromatic nitrogens is 2. The molecular formula is C15H27Cl2N5O2. The van der Waals surface area contributed by atoms with Gasteiger partial charge in [-0.2, -0.15) is 9.97 Å². The Balaban J connectivity index is 0.00000144. The smallest absolute Gasteiger partial charge is 0.318 e. The van der Waals surface area contributed by atoms with Crippen molar-refractivity contribution in [3.05, 3.63) is 11.3 Å². The lowest BCUT2D eigenvalue weighted by Crippen LogP contribution is -2.29. The second kappa shape index (κ2) is 10.2. The first-order valence-electron chi connectivity index (χ1n) is 7.94. The van der Waals surface area contributed by atoms with Crippen LogP contribution in [0.3, 0.4) is 0 Å². The molecule has 0 aliphatic carbocycles. The second-order valence-electron chi connectivity index (χ2n) is 6.06. The van der Waals surface area contributed by atoms with Crippen molar-refractivity contribution in [1.82, 2.24) is 20.2 Å². The number of rotatable bonds is 6. The molecule has 2 N–H and O–H groups in total. The molecule has 24 heavy (non-hydrogen) atoms. The molecule has 1 unspecified atom stereocenters. The molecule has 138 valence electrons. The van der Waals surface area contributed by atoms with Crippen molar-refractivity contribution in [3.8, 4) is 6.01 Å². The zero-order valence-corrected chi connectivity index (χ0v) is 15.8. The first kappa shape index (κ1) is 21.2. The zero-order valence-electron chi connectivity index (χ0n) is 14.2. The van der Waals surface area contributed by atoms with Crippen LogP contribution in [-0.4, -0.2) is 67.9 Å². The fraction of sp³-hybridized carbons (Fsp3) is 0.733. The van der Waals surface area contributed by atoms with Gasteiger partial charge < -0.3 is 25.0 Å². The minimum absolute atomic E-state index is 0. The van der Waals surface area contributed by atoms with Gasteiger partial charge in [-0.25, -0.2) is 0 Å². The standard InChI is InChI=1S/C15H25N5O2.2ClH/c1-20(2)6-8-22-15-18-13-3-5-16-9-12(13)14(19-15)17-11-4-7-21-10-11;;/h11,16H,3-10H2,1-2H3,(H,17,18,19);2*1H. The summed E-state index contributed by atoms with van der Waals surface area (Å²) >= 11 is 0. The van der Waals surface area contributed by atoms with E-state index in [1.807, 2.05) is 14.1 Å². The van der Waals surface area contributed by atoms with Gasteiger partial charge in [0.05, 0.1) is 18.3 Å². The summed E-state index contributed by atoms with van der Waals surface area (Å²) in [5, 5.41) is 6.89. The number of ether oxygens (including phenoxy) is 2. The molecule has 0 amide bonds. The zero-order chi connectivity index (χ0) is 15.4. The molecule has 0 aromatic carbocycles. The van der Waals surface area contributed by atoms with Crippen molar-refractivity contribution in [2.75, 3.05) is 52.3 Å². The second-order valence-corrected chi connectivity index (χ2v) is 6.06. The van der Waals surface area contributed by atoms with Crippen LogP contribution in [0.25, 0.3) is 0 Å². The maximum atomic E-state index is 5.73. The van der Waals surface area contributed by atoms with Crippen molar-refractivity contribution in [3.63, 3.8) is 0 Å². The molecule has 1 atom stereocenters. The molecule has 2 aliphatic rings. The summed E-state index contributed by atoms with van der Waals surface area (Å²) in [6.45, 7) is 4.76. The average Bonchev–Trinajstić information content (AvgIpc) is 3.00. The van der Waals surface area contributed by atoms with Gasteiger partial charge in [0.25, 0.3) is 0 Å². The number of halogens is 2. The minimum Gasteiger partial charge on any atom is -0.462 e. The number of anilines is 1. The first-order valence-corrected chi connectivity index (χ1v) is 7.94. The molecule has 1 fully saturated rings. The van der Waals surface area contributed by atoms with Crippen LogP contribution in [0.5, 0.6) is 6.01 Å². The highest BCUT2D eigenvalue weighted by Gasteiger charge is 2.22. The molecular weight excluding hydrogens is 353 g/mol. The molecule has 2 aliphatic heterocycles. The maximum Gasteiger partial charge on any atom is 0.318 e. The Kier molecular flexibility index (Phi) is 9.01. The van der Waals surface area contributed by atoms with Crippen LogP contribution in [0.15, 0.2) is 0 Å². The van der Waals surface area contributed by atoms with Crippen LogP contribution < -0.4 is 15.4 Å². The van der Waals surface area contributed by atoms with Crippen molar-refractivity contribution >= 4 is 30.6 Å². The Hall–Kier alpha value is -0.860. The van der Waals surface area contributed by atoms with Gasteiger partial charge in [0, 0.05) is 38.2 Å². The lowest BCUT2D eigenvalue weighted by atomic mass is 10.1. The highest BCUT2D eigenvalue weighted by molar-refractivity contribution is 5.85. The van der Waals surface area contributed by atoms with E-state index in [2.05, 4.69) is 25.5 Å². The molecule has 7 nitrogen and oxygen atoms in total. The molecule has 9 heteroatoms. The molecule has 3 rings (SSSR count). The van der Waals surface area contributed by atoms with Gasteiger partial charge in [0.15, 0.2) is 0 Å². The Bertz CT molecular complexity index is 513. The van der Waals surface area contributed by atoms with Crippen molar-refractivity contribution in [2.24, 2.45) is 0 Å². The van der Waals surface area contributed by atoms with Gasteiger partial charge >= 0.3 is 6.01 Å². The summed E-state index contributed by atoms with van der Waals surface area (Å²) in [5.74, 6) is 0.896. The average molecular weight is 380 g/mol. The van der Waals surface area contributed by atoms with E-state index in [-0.39, 0.29) is 24.8 Å². The highest BCUT2D eigenvalue weighted by atomic mass is 35.5. The van der Waals surface area contributed by atoms with Crippen LogP contribution in [0, 0.1) is 0 Å². The molecule has 0 saturated carbocycles. The van der Waals surface area contributed by atoms with Crippen LogP contribution >= 0.6 is 24.8 Å². The summed E-state index contributed by atoms with van der Waals surface area (Å²) in [5.41, 5.74) is 2.26. The van der Waals surface area contributed by atoms with Gasteiger partial charge in [-0.05, 0) is 20.5 Å². The summed E-state index contributed by atoms with van der Waals surface area (Å²) in [7, 11) is 4.05. The normalized spacial score (nSPS) is 19.2. The van der Waals surface area contributed by atoms with Crippen LogP contribution in [0.1, 0.15) is 17.7 Å². The summed E-state index contributed by atoms with van der Waals surface area (Å²) < 4.78 is 11.2. The van der Waals surface area contributed by atoms with Gasteiger partial charge in [0.2, 0.25) is 0 Å². The number of nitrogens with zero attached hydrogens (tertiary/aromatic N) is 3. The van der Waals surface area contributed by atoms with Gasteiger partial charge in [0.1, 0.15) is 12.4 Å². The predicted molar refractivity (Wildman–Crippen MR) is 98.8 cm³/mol. The van der Waals surface area contributed by atoms with Crippen LogP contribution in [0.4, 0.5) is 5.82 Å². The van der Waals surface area contributed by atoms with Crippen LogP contribution in [0.2, 0.25) is 0 Å². The topological polar surface area (TPSA) is 71.5 Å². The van der Waals surface area contributed by atoms with Gasteiger partial charge in [-0.3, -0.25) is 0 Å². The Morgan fingerprint density at radius 1 is 1.33 bits per heavy atom. The fourth-order valence-electron chi connectivity index (χ4n) is 2.67. The van der Waals surface area contributed by atoms with E-state index in [4.69, 9.17) is 9.47 Å². The number of hydrogen-bond donors (Lipinski definition) is 2. The third-order valence-corrected chi connectivity index (χ3v) is 3.95. The highest BCUT2D eigenvalue weighted by Crippen LogP contribution is 2.24. The van der Waals surface area contributed by atoms with E-state index in [1.54, 1.807) is 0 Å². The maximum absolute atomic E-state index is 5.73. The number of hydrogen-bond acceptors (Lipinski definition) is 7. The van der Waals surface area contributed by atoms with Crippen molar-refractivity contribution < 1.29 is 9.47 Å². The van der Waals surface area contributed by atoms with E-state index in [0.717, 1.165) is 62.8 Å². The van der Waals surface area contributed by atoms with E-state index in [1.165, 1.54) is 0 Å². The molecule has 0 radical (unpaired) electrons. The number of likely N-dealkylation sites (N-methyl/N-ethyl adjacent to an activating group) is 1. The van der Waals surface area contributed by atoms with Gasteiger partial charge in [-0.1, -0.05) is 0 Å². The summed E-state index contributed by atoms with van der Waals surface area (Å²) in [4.78, 5) is 11.3. The predicted octanol–water partition coefficient (Wildman–Crippen LogP) is 1.11. The molecule has 0 spiro atoms. The van der Waals surface area contributed by atoms with Crippen molar-refractivity contribution in [1.29, 1.82) is 0 Å². The molecule has 1 saturated heterocycles. The third-order valence-electron chi connectivity index (χ3n) is 3.95. The Morgan fingerprint density at radius 2 is 2.17 bits per heavy atom. The van der Waals surface area contributed by atoms with E-state index in [0.29, 0.717) is 18.7 Å². The summed E-state index contributed by atoms with van der Waals surface area (Å²) in [6.07, 6.45) is 1.93. The Labute approximate surface area is 155 Å². The lowest BCUT2D eigenvalue weighted by Gasteiger charge is -2.22. The van der Waals surface area contributed by atoms with Gasteiger partial charge in [-0.15, -0.1) is 24.8 Å². The van der Waals surface area contributed by atoms with Crippen molar-refractivity contribution in [2.45, 2.75) is 25.4 Å². The number of nitrogens with one attached hydrogen (secondary N) is 2. The minimum atomic E-state index is 0. The first-order chi connectivity index (χ1) is 10.7. The Morgan fingerprint density at radius 3 is 2.88 bits per heavy atom. The molecule has 1 aromatic heterocycles. The molecule has 1 aromatic rings.